The van der Waals surface area contributed by atoms with E-state index >= 15 is 0 Å². The van der Waals surface area contributed by atoms with Crippen LogP contribution in [0.15, 0.2) is 30.6 Å². The van der Waals surface area contributed by atoms with E-state index < -0.39 is 0 Å². The predicted molar refractivity (Wildman–Crippen MR) is 57.6 cm³/mol. The van der Waals surface area contributed by atoms with Gasteiger partial charge in [0.2, 0.25) is 0 Å². The fourth-order valence-corrected chi connectivity index (χ4v) is 1.44. The second-order valence-corrected chi connectivity index (χ2v) is 3.87. The molecule has 0 aliphatic heterocycles. The minimum absolute atomic E-state index is 0.169. The topological polar surface area (TPSA) is 41.1 Å². The molecule has 2 aromatic rings. The third-order valence-corrected chi connectivity index (χ3v) is 2.67. The molecule has 0 saturated heterocycles. The number of halogens is 1. The van der Waals surface area contributed by atoms with Gasteiger partial charge >= 0.3 is 0 Å². The predicted octanol–water partition coefficient (Wildman–Crippen LogP) is 2.33. The molecule has 4 heteroatoms. The number of rotatable bonds is 1. The van der Waals surface area contributed by atoms with Gasteiger partial charge in [-0.05, 0) is 12.1 Å². The lowest BCUT2D eigenvalue weighted by atomic mass is 10.4. The minimum Gasteiger partial charge on any atom is -0.307 e. The lowest BCUT2D eigenvalue weighted by Gasteiger charge is -1.89. The Balaban J connectivity index is 2.57. The van der Waals surface area contributed by atoms with Crippen molar-refractivity contribution >= 4 is 28.2 Å². The molecule has 2 heterocycles. The van der Waals surface area contributed by atoms with Gasteiger partial charge in [0, 0.05) is 12.4 Å². The zero-order valence-corrected chi connectivity index (χ0v) is 8.84. The normalized spacial score (nSPS) is 12.6. The highest BCUT2D eigenvalue weighted by molar-refractivity contribution is 14.1. The van der Waals surface area contributed by atoms with Gasteiger partial charge in [-0.15, -0.1) is 0 Å². The van der Waals surface area contributed by atoms with Crippen molar-refractivity contribution in [1.29, 1.82) is 5.26 Å². The molecule has 0 radical (unpaired) electrons. The lowest BCUT2D eigenvalue weighted by molar-refractivity contribution is 1.16. The van der Waals surface area contributed by atoms with Gasteiger partial charge in [0.25, 0.3) is 0 Å². The zero-order valence-electron chi connectivity index (χ0n) is 6.68. The van der Waals surface area contributed by atoms with Crippen molar-refractivity contribution in [3.8, 4) is 6.07 Å². The van der Waals surface area contributed by atoms with E-state index in [1.165, 1.54) is 0 Å². The van der Waals surface area contributed by atoms with E-state index in [0.717, 1.165) is 11.3 Å². The Bertz CT molecular complexity index is 436. The minimum atomic E-state index is -0.169. The van der Waals surface area contributed by atoms with Crippen LogP contribution in [0.25, 0.3) is 5.65 Å². The number of fused-ring (bicyclic) bond motifs is 1. The first kappa shape index (κ1) is 8.51. The number of pyridine rings is 1. The highest BCUT2D eigenvalue weighted by Crippen LogP contribution is 2.21. The van der Waals surface area contributed by atoms with Gasteiger partial charge in [0.05, 0.1) is 11.8 Å². The summed E-state index contributed by atoms with van der Waals surface area (Å²) in [5.74, 6) is 0. The molecule has 2 aromatic heterocycles. The van der Waals surface area contributed by atoms with E-state index in [0.29, 0.717) is 0 Å². The van der Waals surface area contributed by atoms with Gasteiger partial charge in [0.1, 0.15) is 9.57 Å². The van der Waals surface area contributed by atoms with Gasteiger partial charge in [-0.2, -0.15) is 5.26 Å². The number of hydrogen-bond acceptors (Lipinski definition) is 2. The molecule has 3 nitrogen and oxygen atoms in total. The van der Waals surface area contributed by atoms with Crippen molar-refractivity contribution in [3.05, 3.63) is 36.3 Å². The van der Waals surface area contributed by atoms with Gasteiger partial charge < -0.3 is 4.40 Å². The SMILES string of the molecule is N#CC(I)c1cn2ccccc2n1. The lowest BCUT2D eigenvalue weighted by Crippen LogP contribution is -1.83. The van der Waals surface area contributed by atoms with E-state index in [9.17, 15) is 0 Å². The summed E-state index contributed by atoms with van der Waals surface area (Å²) in [5.41, 5.74) is 1.70. The fourth-order valence-electron chi connectivity index (χ4n) is 1.14. The Morgan fingerprint density at radius 1 is 1.54 bits per heavy atom. The molecule has 0 aromatic carbocycles. The van der Waals surface area contributed by atoms with Gasteiger partial charge in [-0.1, -0.05) is 28.7 Å². The quantitative estimate of drug-likeness (QED) is 0.595. The average Bonchev–Trinajstić information content (AvgIpc) is 2.59. The zero-order chi connectivity index (χ0) is 9.26. The van der Waals surface area contributed by atoms with Crippen LogP contribution in [0.2, 0.25) is 0 Å². The van der Waals surface area contributed by atoms with Gasteiger partial charge in [-0.3, -0.25) is 0 Å². The Labute approximate surface area is 89.2 Å². The molecule has 0 bridgehead atoms. The molecule has 0 fully saturated rings. The first-order valence-electron chi connectivity index (χ1n) is 3.78. The number of alkyl halides is 1. The maximum atomic E-state index is 8.71. The van der Waals surface area contributed by atoms with Gasteiger partial charge in [0.15, 0.2) is 0 Å². The molecule has 0 aliphatic rings. The smallest absolute Gasteiger partial charge is 0.141 e. The molecular weight excluding hydrogens is 277 g/mol. The molecule has 2 rings (SSSR count). The van der Waals surface area contributed by atoms with Crippen LogP contribution in [0.4, 0.5) is 0 Å². The fraction of sp³-hybridized carbons (Fsp3) is 0.111. The Kier molecular flexibility index (Phi) is 2.19. The van der Waals surface area contributed by atoms with Crippen molar-refractivity contribution in [3.63, 3.8) is 0 Å². The summed E-state index contributed by atoms with van der Waals surface area (Å²) in [4.78, 5) is 4.32. The molecule has 0 saturated carbocycles. The van der Waals surface area contributed by atoms with Crippen LogP contribution in [-0.4, -0.2) is 9.38 Å². The highest BCUT2D eigenvalue weighted by Gasteiger charge is 2.09. The molecular formula is C9H6IN3. The van der Waals surface area contributed by atoms with Crippen LogP contribution in [0.1, 0.15) is 9.62 Å². The summed E-state index contributed by atoms with van der Waals surface area (Å²) in [6, 6.07) is 7.94. The molecule has 1 atom stereocenters. The summed E-state index contributed by atoms with van der Waals surface area (Å²) in [6.07, 6.45) is 3.81. The van der Waals surface area contributed by atoms with Crippen LogP contribution >= 0.6 is 22.6 Å². The number of aromatic nitrogens is 2. The van der Waals surface area contributed by atoms with Crippen LogP contribution in [0, 0.1) is 11.3 Å². The third kappa shape index (κ3) is 1.52. The van der Waals surface area contributed by atoms with E-state index in [4.69, 9.17) is 5.26 Å². The Hall–Kier alpha value is -1.09. The third-order valence-electron chi connectivity index (χ3n) is 1.76. The monoisotopic (exact) mass is 283 g/mol. The van der Waals surface area contributed by atoms with E-state index in [1.807, 2.05) is 35.0 Å². The average molecular weight is 283 g/mol. The Morgan fingerprint density at radius 3 is 3.08 bits per heavy atom. The molecule has 0 aliphatic carbocycles. The standard InChI is InChI=1S/C9H6IN3/c10-7(5-11)8-6-13-4-2-1-3-9(13)12-8/h1-4,6-7H. The Morgan fingerprint density at radius 2 is 2.38 bits per heavy atom. The van der Waals surface area contributed by atoms with E-state index in [1.54, 1.807) is 0 Å². The van der Waals surface area contributed by atoms with E-state index in [-0.39, 0.29) is 3.92 Å². The van der Waals surface area contributed by atoms with E-state index in [2.05, 4.69) is 33.6 Å². The van der Waals surface area contributed by atoms with Gasteiger partial charge in [-0.25, -0.2) is 4.98 Å². The largest absolute Gasteiger partial charge is 0.307 e. The molecule has 0 N–H and O–H groups in total. The van der Waals surface area contributed by atoms with Crippen LogP contribution < -0.4 is 0 Å². The molecule has 0 amide bonds. The maximum absolute atomic E-state index is 8.71. The van der Waals surface area contributed by atoms with Crippen LogP contribution in [-0.2, 0) is 0 Å². The molecule has 0 spiro atoms. The number of imidazole rings is 1. The first-order chi connectivity index (χ1) is 6.31. The molecule has 1 unspecified atom stereocenters. The van der Waals surface area contributed by atoms with Crippen LogP contribution in [0.5, 0.6) is 0 Å². The van der Waals surface area contributed by atoms with Crippen molar-refractivity contribution < 1.29 is 0 Å². The summed E-state index contributed by atoms with van der Waals surface area (Å²) in [7, 11) is 0. The van der Waals surface area contributed by atoms with Crippen LogP contribution in [0.3, 0.4) is 0 Å². The number of hydrogen-bond donors (Lipinski definition) is 0. The maximum Gasteiger partial charge on any atom is 0.141 e. The summed E-state index contributed by atoms with van der Waals surface area (Å²) >= 11 is 2.07. The summed E-state index contributed by atoms with van der Waals surface area (Å²) in [6.45, 7) is 0. The number of nitrogens with zero attached hydrogens (tertiary/aromatic N) is 3. The van der Waals surface area contributed by atoms with Crippen molar-refractivity contribution in [2.45, 2.75) is 3.92 Å². The van der Waals surface area contributed by atoms with Crippen molar-refractivity contribution in [2.24, 2.45) is 0 Å². The van der Waals surface area contributed by atoms with Crippen molar-refractivity contribution in [1.82, 2.24) is 9.38 Å². The van der Waals surface area contributed by atoms with Crippen molar-refractivity contribution in [2.75, 3.05) is 0 Å². The molecule has 64 valence electrons. The second kappa shape index (κ2) is 3.34. The number of nitriles is 1. The first-order valence-corrected chi connectivity index (χ1v) is 5.03. The second-order valence-electron chi connectivity index (χ2n) is 2.62. The highest BCUT2D eigenvalue weighted by atomic mass is 127. The molecule has 13 heavy (non-hydrogen) atoms. The summed E-state index contributed by atoms with van der Waals surface area (Å²) in [5, 5.41) is 8.71. The summed E-state index contributed by atoms with van der Waals surface area (Å²) < 4.78 is 1.75.